The van der Waals surface area contributed by atoms with Crippen LogP contribution in [0.1, 0.15) is 78.7 Å². The lowest BCUT2D eigenvalue weighted by molar-refractivity contribution is -0.125. The summed E-state index contributed by atoms with van der Waals surface area (Å²) in [4.78, 5) is 24.3. The number of rotatable bonds is 6. The van der Waals surface area contributed by atoms with Gasteiger partial charge in [0.1, 0.15) is 17.3 Å². The third kappa shape index (κ3) is 6.52. The van der Waals surface area contributed by atoms with Gasteiger partial charge in [0.15, 0.2) is 0 Å². The summed E-state index contributed by atoms with van der Waals surface area (Å²) in [7, 11) is 1.93. The second-order valence-electron chi connectivity index (χ2n) is 10.1. The van der Waals surface area contributed by atoms with Gasteiger partial charge >= 0.3 is 0 Å². The molecule has 1 atom stereocenters. The van der Waals surface area contributed by atoms with Crippen LogP contribution in [0.2, 0.25) is 0 Å². The van der Waals surface area contributed by atoms with Crippen LogP contribution >= 0.6 is 0 Å². The molecule has 2 saturated heterocycles. The summed E-state index contributed by atoms with van der Waals surface area (Å²) in [5.74, 6) is 1.00. The second-order valence-corrected chi connectivity index (χ2v) is 10.1. The van der Waals surface area contributed by atoms with Gasteiger partial charge in [0, 0.05) is 49.7 Å². The molecular weight excluding hydrogens is 463 g/mol. The van der Waals surface area contributed by atoms with Crippen molar-refractivity contribution in [2.45, 2.75) is 79.2 Å². The molecule has 3 aliphatic heterocycles. The minimum Gasteiger partial charge on any atom is -0.371 e. The molecule has 0 bridgehead atoms. The molecule has 1 aromatic rings. The lowest BCUT2D eigenvalue weighted by atomic mass is 9.96. The van der Waals surface area contributed by atoms with Gasteiger partial charge in [0.25, 0.3) is 5.91 Å². The van der Waals surface area contributed by atoms with E-state index in [0.29, 0.717) is 28.6 Å². The first-order valence-corrected chi connectivity index (χ1v) is 14.1. The van der Waals surface area contributed by atoms with Gasteiger partial charge in [-0.25, -0.2) is 9.38 Å². The van der Waals surface area contributed by atoms with E-state index in [9.17, 15) is 4.79 Å². The monoisotopic (exact) mass is 508 g/mol. The summed E-state index contributed by atoms with van der Waals surface area (Å²) >= 11 is 0. The Labute approximate surface area is 223 Å². The van der Waals surface area contributed by atoms with Crippen molar-refractivity contribution in [3.8, 4) is 0 Å². The normalized spacial score (nSPS) is 21.4. The number of allylic oxidation sites excluding steroid dienone is 3. The number of likely N-dealkylation sites (tertiary alicyclic amines) is 1. The van der Waals surface area contributed by atoms with E-state index in [0.717, 1.165) is 69.5 Å². The lowest BCUT2D eigenvalue weighted by Crippen LogP contribution is -2.46. The van der Waals surface area contributed by atoms with Crippen LogP contribution in [0, 0.1) is 11.7 Å². The molecule has 2 fully saturated rings. The molecule has 1 unspecified atom stereocenters. The minimum absolute atomic E-state index is 0.0228. The number of anilines is 1. The Morgan fingerprint density at radius 2 is 1.92 bits per heavy atom. The zero-order chi connectivity index (χ0) is 27.1. The zero-order valence-electron chi connectivity index (χ0n) is 23.7. The molecule has 1 aromatic carbocycles. The van der Waals surface area contributed by atoms with Gasteiger partial charge in [-0.15, -0.1) is 0 Å². The smallest absolute Gasteiger partial charge is 0.272 e. The van der Waals surface area contributed by atoms with Crippen molar-refractivity contribution >= 4 is 22.9 Å². The predicted octanol–water partition coefficient (Wildman–Crippen LogP) is 7.02. The van der Waals surface area contributed by atoms with E-state index in [1.165, 1.54) is 0 Å². The SMILES string of the molecule is C=C(/C=C1/N=C(C(=O)N2CCCCCC2C)C=C(CC)N1C)c1ccc(N2CC(CC)C2)cc1F.CC. The van der Waals surface area contributed by atoms with Gasteiger partial charge in [-0.3, -0.25) is 4.79 Å². The third-order valence-electron chi connectivity index (χ3n) is 7.71. The summed E-state index contributed by atoms with van der Waals surface area (Å²) in [6, 6.07) is 5.58. The number of carbonyl (C=O) groups is 1. The highest BCUT2D eigenvalue weighted by Gasteiger charge is 2.28. The average molecular weight is 509 g/mol. The summed E-state index contributed by atoms with van der Waals surface area (Å²) in [5.41, 5.74) is 3.37. The molecular formula is C31H45FN4O. The molecule has 0 radical (unpaired) electrons. The molecule has 0 aromatic heterocycles. The van der Waals surface area contributed by atoms with Crippen LogP contribution in [-0.2, 0) is 4.79 Å². The first kappa shape index (κ1) is 28.7. The molecule has 37 heavy (non-hydrogen) atoms. The van der Waals surface area contributed by atoms with E-state index in [1.807, 2.05) is 42.8 Å². The quantitative estimate of drug-likeness (QED) is 0.414. The molecule has 3 heterocycles. The number of halogens is 1. The maximum atomic E-state index is 15.1. The fourth-order valence-corrected chi connectivity index (χ4v) is 5.17. The summed E-state index contributed by atoms with van der Waals surface area (Å²) in [6.45, 7) is 17.3. The Morgan fingerprint density at radius 1 is 1.19 bits per heavy atom. The van der Waals surface area contributed by atoms with Gasteiger partial charge in [-0.05, 0) is 74.4 Å². The number of nitrogens with zero attached hydrogens (tertiary/aromatic N) is 4. The molecule has 6 heteroatoms. The Morgan fingerprint density at radius 3 is 2.57 bits per heavy atom. The van der Waals surface area contributed by atoms with Crippen LogP contribution in [0.15, 0.2) is 53.4 Å². The van der Waals surface area contributed by atoms with Gasteiger partial charge in [-0.1, -0.05) is 47.1 Å². The van der Waals surface area contributed by atoms with Crippen molar-refractivity contribution in [3.05, 3.63) is 59.8 Å². The molecule has 3 aliphatic rings. The molecule has 0 aliphatic carbocycles. The van der Waals surface area contributed by atoms with E-state index < -0.39 is 0 Å². The fourth-order valence-electron chi connectivity index (χ4n) is 5.17. The summed E-state index contributed by atoms with van der Waals surface area (Å²) < 4.78 is 15.1. The number of amides is 1. The number of hydrogen-bond donors (Lipinski definition) is 0. The second kappa shape index (κ2) is 13.1. The van der Waals surface area contributed by atoms with Gasteiger partial charge < -0.3 is 14.7 Å². The first-order chi connectivity index (χ1) is 17.8. The number of hydrogen-bond acceptors (Lipinski definition) is 4. The van der Waals surface area contributed by atoms with Crippen molar-refractivity contribution in [1.82, 2.24) is 9.80 Å². The van der Waals surface area contributed by atoms with Crippen LogP contribution in [0.3, 0.4) is 0 Å². The first-order valence-electron chi connectivity index (χ1n) is 14.1. The zero-order valence-corrected chi connectivity index (χ0v) is 23.7. The van der Waals surface area contributed by atoms with Crippen LogP contribution in [0.25, 0.3) is 5.57 Å². The van der Waals surface area contributed by atoms with E-state index in [1.54, 1.807) is 18.2 Å². The van der Waals surface area contributed by atoms with E-state index in [2.05, 4.69) is 32.3 Å². The highest BCUT2D eigenvalue weighted by Crippen LogP contribution is 2.31. The van der Waals surface area contributed by atoms with Crippen LogP contribution < -0.4 is 4.90 Å². The molecule has 0 spiro atoms. The maximum Gasteiger partial charge on any atom is 0.272 e. The molecule has 202 valence electrons. The Kier molecular flexibility index (Phi) is 10.1. The van der Waals surface area contributed by atoms with Crippen LogP contribution in [0.5, 0.6) is 0 Å². The Hall–Kier alpha value is -2.89. The third-order valence-corrected chi connectivity index (χ3v) is 7.71. The largest absolute Gasteiger partial charge is 0.371 e. The van der Waals surface area contributed by atoms with Crippen molar-refractivity contribution in [2.24, 2.45) is 10.9 Å². The van der Waals surface area contributed by atoms with Gasteiger partial charge in [0.05, 0.1) is 0 Å². The van der Waals surface area contributed by atoms with E-state index in [4.69, 9.17) is 4.99 Å². The van der Waals surface area contributed by atoms with Crippen molar-refractivity contribution < 1.29 is 9.18 Å². The highest BCUT2D eigenvalue weighted by atomic mass is 19.1. The maximum absolute atomic E-state index is 15.1. The molecule has 0 saturated carbocycles. The fraction of sp³-hybridized carbons (Fsp3) is 0.548. The Balaban J connectivity index is 0.00000186. The van der Waals surface area contributed by atoms with E-state index >= 15 is 4.39 Å². The van der Waals surface area contributed by atoms with Crippen molar-refractivity contribution in [3.63, 3.8) is 0 Å². The van der Waals surface area contributed by atoms with E-state index in [-0.39, 0.29) is 17.8 Å². The number of benzene rings is 1. The Bertz CT molecular complexity index is 1070. The number of carbonyl (C=O) groups excluding carboxylic acids is 1. The molecule has 1 amide bonds. The average Bonchev–Trinajstić information content (AvgIpc) is 3.09. The van der Waals surface area contributed by atoms with Gasteiger partial charge in [-0.2, -0.15) is 0 Å². The van der Waals surface area contributed by atoms with Crippen LogP contribution in [0.4, 0.5) is 10.1 Å². The topological polar surface area (TPSA) is 39.2 Å². The predicted molar refractivity (Wildman–Crippen MR) is 154 cm³/mol. The van der Waals surface area contributed by atoms with Gasteiger partial charge in [0.2, 0.25) is 0 Å². The lowest BCUT2D eigenvalue weighted by Gasteiger charge is -2.40. The highest BCUT2D eigenvalue weighted by molar-refractivity contribution is 6.43. The molecule has 4 rings (SSSR count). The molecule has 5 nitrogen and oxygen atoms in total. The summed E-state index contributed by atoms with van der Waals surface area (Å²) in [6.07, 6.45) is 9.97. The molecule has 0 N–H and O–H groups in total. The number of aliphatic imine (C=N–C) groups is 1. The summed E-state index contributed by atoms with van der Waals surface area (Å²) in [5, 5.41) is 0. The minimum atomic E-state index is -0.285. The van der Waals surface area contributed by atoms with Crippen molar-refractivity contribution in [1.29, 1.82) is 0 Å². The van der Waals surface area contributed by atoms with Crippen LogP contribution in [-0.4, -0.2) is 54.1 Å². The standard InChI is InChI=1S/C29H39FN4O.C2H6/c1-6-22-18-33(19-22)24-12-13-25(26(30)16-24)20(3)15-28-31-27(17-23(7-2)32(28)5)29(35)34-14-10-8-9-11-21(34)4;1-2/h12-13,15-17,21-22H,3,6-11,14,18-19H2,1-2,4-5H3;1-2H3/b28-15-;. The van der Waals surface area contributed by atoms with Crippen molar-refractivity contribution in [2.75, 3.05) is 31.6 Å².